The van der Waals surface area contributed by atoms with E-state index in [9.17, 15) is 13.5 Å². The minimum atomic E-state index is -3.68. The maximum absolute atomic E-state index is 12.3. The van der Waals surface area contributed by atoms with Gasteiger partial charge in [0.1, 0.15) is 5.60 Å². The first-order valence-electron chi connectivity index (χ1n) is 6.34. The molecule has 7 heteroatoms. The second-order valence-corrected chi connectivity index (χ2v) is 7.27. The lowest BCUT2D eigenvalue weighted by molar-refractivity contribution is -0.0228. The molecule has 20 heavy (non-hydrogen) atoms. The van der Waals surface area contributed by atoms with E-state index in [0.717, 1.165) is 0 Å². The van der Waals surface area contributed by atoms with Gasteiger partial charge in [-0.3, -0.25) is 0 Å². The fourth-order valence-electron chi connectivity index (χ4n) is 2.22. The minimum absolute atomic E-state index is 0.0709. The zero-order valence-electron chi connectivity index (χ0n) is 11.4. The van der Waals surface area contributed by atoms with Gasteiger partial charge in [0.25, 0.3) is 0 Å². The molecule has 0 amide bonds. The Labute approximate surface area is 124 Å². The fraction of sp³-hybridized carbons (Fsp3) is 0.538. The summed E-state index contributed by atoms with van der Waals surface area (Å²) in [5, 5.41) is 10.8. The van der Waals surface area contributed by atoms with Crippen LogP contribution in [0.25, 0.3) is 0 Å². The van der Waals surface area contributed by atoms with Crippen LogP contribution in [0.3, 0.4) is 0 Å². The van der Waals surface area contributed by atoms with Crippen molar-refractivity contribution < 1.29 is 18.3 Å². The molecule has 0 aromatic heterocycles. The van der Waals surface area contributed by atoms with E-state index in [0.29, 0.717) is 23.6 Å². The van der Waals surface area contributed by atoms with Crippen LogP contribution < -0.4 is 4.72 Å². The molecule has 1 heterocycles. The first kappa shape index (κ1) is 15.7. The van der Waals surface area contributed by atoms with Crippen molar-refractivity contribution in [1.29, 1.82) is 0 Å². The Morgan fingerprint density at radius 3 is 2.80 bits per heavy atom. The van der Waals surface area contributed by atoms with Crippen LogP contribution in [0.5, 0.6) is 0 Å². The van der Waals surface area contributed by atoms with E-state index >= 15 is 0 Å². The first-order chi connectivity index (χ1) is 9.24. The van der Waals surface area contributed by atoms with Crippen LogP contribution in [-0.2, 0) is 14.8 Å². The molecule has 2 atom stereocenters. The van der Waals surface area contributed by atoms with E-state index in [1.54, 1.807) is 19.9 Å². The molecule has 0 spiro atoms. The topological polar surface area (TPSA) is 75.6 Å². The average molecular weight is 320 g/mol. The first-order valence-corrected chi connectivity index (χ1v) is 8.20. The van der Waals surface area contributed by atoms with Crippen molar-refractivity contribution in [3.05, 3.63) is 28.8 Å². The Morgan fingerprint density at radius 2 is 2.25 bits per heavy atom. The van der Waals surface area contributed by atoms with E-state index in [1.807, 2.05) is 0 Å². The van der Waals surface area contributed by atoms with Gasteiger partial charge >= 0.3 is 0 Å². The number of rotatable bonds is 4. The summed E-state index contributed by atoms with van der Waals surface area (Å²) in [6.07, 6.45) is 0.0209. The molecular weight excluding hydrogens is 302 g/mol. The zero-order chi connectivity index (χ0) is 15.0. The van der Waals surface area contributed by atoms with Gasteiger partial charge in [-0.1, -0.05) is 11.6 Å². The molecule has 2 rings (SSSR count). The molecule has 112 valence electrons. The smallest absolute Gasteiger partial charge is 0.240 e. The van der Waals surface area contributed by atoms with Crippen LogP contribution in [0.15, 0.2) is 23.1 Å². The Kier molecular flexibility index (Phi) is 4.41. The number of ether oxygens (including phenoxy) is 1. The van der Waals surface area contributed by atoms with Gasteiger partial charge in [0.15, 0.2) is 0 Å². The molecule has 2 unspecified atom stereocenters. The van der Waals surface area contributed by atoms with Gasteiger partial charge in [-0.15, -0.1) is 0 Å². The second-order valence-electron chi connectivity index (χ2n) is 5.10. The maximum atomic E-state index is 12.3. The van der Waals surface area contributed by atoms with E-state index in [2.05, 4.69) is 4.72 Å². The summed E-state index contributed by atoms with van der Waals surface area (Å²) in [6, 6.07) is 4.57. The van der Waals surface area contributed by atoms with Gasteiger partial charge in [-0.2, -0.15) is 0 Å². The number of hydrogen-bond donors (Lipinski definition) is 2. The highest BCUT2D eigenvalue weighted by Crippen LogP contribution is 2.26. The van der Waals surface area contributed by atoms with Crippen molar-refractivity contribution in [1.82, 2.24) is 4.72 Å². The van der Waals surface area contributed by atoms with Crippen molar-refractivity contribution in [2.24, 2.45) is 0 Å². The normalized spacial score (nSPS) is 26.9. The van der Waals surface area contributed by atoms with Crippen molar-refractivity contribution in [3.63, 3.8) is 0 Å². The molecule has 5 nitrogen and oxygen atoms in total. The van der Waals surface area contributed by atoms with Crippen LogP contribution in [0.1, 0.15) is 18.9 Å². The van der Waals surface area contributed by atoms with Crippen LogP contribution in [-0.4, -0.2) is 38.4 Å². The molecule has 0 aliphatic carbocycles. The molecular formula is C13H18ClNO4S. The summed E-state index contributed by atoms with van der Waals surface area (Å²) in [5.41, 5.74) is -0.597. The van der Waals surface area contributed by atoms with E-state index in [1.165, 1.54) is 12.1 Å². The lowest BCUT2D eigenvalue weighted by Gasteiger charge is -2.26. The van der Waals surface area contributed by atoms with Crippen molar-refractivity contribution in [3.8, 4) is 0 Å². The summed E-state index contributed by atoms with van der Waals surface area (Å²) < 4.78 is 32.3. The number of aryl methyl sites for hydroxylation is 1. The van der Waals surface area contributed by atoms with Crippen LogP contribution >= 0.6 is 11.6 Å². The number of aliphatic hydroxyl groups is 1. The highest BCUT2D eigenvalue weighted by atomic mass is 35.5. The summed E-state index contributed by atoms with van der Waals surface area (Å²) in [4.78, 5) is 0.164. The standard InChI is InChI=1S/C13H18ClNO4S/c1-9-7-11(14)3-4-12(9)20(17,18)15-8-13(16)5-6-19-10(13)2/h3-4,7,10,15-16H,5-6,8H2,1-2H3. The summed E-state index contributed by atoms with van der Waals surface area (Å²) in [7, 11) is -3.68. The Balaban J connectivity index is 2.15. The Bertz CT molecular complexity index is 604. The second kappa shape index (κ2) is 5.61. The number of benzene rings is 1. The monoisotopic (exact) mass is 319 g/mol. The predicted octanol–water partition coefficient (Wildman–Crippen LogP) is 1.47. The van der Waals surface area contributed by atoms with Crippen LogP contribution in [0.2, 0.25) is 5.02 Å². The molecule has 1 aliphatic heterocycles. The Hall–Kier alpha value is -0.660. The van der Waals surface area contributed by atoms with E-state index in [-0.39, 0.29) is 11.4 Å². The van der Waals surface area contributed by atoms with Gasteiger partial charge in [0.2, 0.25) is 10.0 Å². The predicted molar refractivity (Wildman–Crippen MR) is 76.4 cm³/mol. The van der Waals surface area contributed by atoms with Crippen molar-refractivity contribution in [2.75, 3.05) is 13.2 Å². The number of hydrogen-bond acceptors (Lipinski definition) is 4. The van der Waals surface area contributed by atoms with Gasteiger partial charge in [0, 0.05) is 24.6 Å². The molecule has 0 saturated carbocycles. The largest absolute Gasteiger partial charge is 0.386 e. The van der Waals surface area contributed by atoms with Gasteiger partial charge in [0.05, 0.1) is 11.0 Å². The third-order valence-electron chi connectivity index (χ3n) is 3.65. The average Bonchev–Trinajstić information content (AvgIpc) is 2.68. The van der Waals surface area contributed by atoms with Crippen LogP contribution in [0.4, 0.5) is 0 Å². The number of halogens is 1. The summed E-state index contributed by atoms with van der Waals surface area (Å²) in [5.74, 6) is 0. The maximum Gasteiger partial charge on any atom is 0.240 e. The Morgan fingerprint density at radius 1 is 1.55 bits per heavy atom. The number of nitrogens with one attached hydrogen (secondary N) is 1. The lowest BCUT2D eigenvalue weighted by atomic mass is 9.97. The lowest BCUT2D eigenvalue weighted by Crippen LogP contribution is -2.47. The van der Waals surface area contributed by atoms with Crippen LogP contribution in [0, 0.1) is 6.92 Å². The molecule has 1 aromatic rings. The molecule has 1 saturated heterocycles. The summed E-state index contributed by atoms with van der Waals surface area (Å²) >= 11 is 5.82. The zero-order valence-corrected chi connectivity index (χ0v) is 13.0. The third-order valence-corrected chi connectivity index (χ3v) is 5.45. The van der Waals surface area contributed by atoms with E-state index < -0.39 is 21.7 Å². The molecule has 2 N–H and O–H groups in total. The molecule has 0 bridgehead atoms. The molecule has 0 radical (unpaired) electrons. The van der Waals surface area contributed by atoms with Gasteiger partial charge < -0.3 is 9.84 Å². The SMILES string of the molecule is Cc1cc(Cl)ccc1S(=O)(=O)NCC1(O)CCOC1C. The summed E-state index contributed by atoms with van der Waals surface area (Å²) in [6.45, 7) is 3.77. The molecule has 1 fully saturated rings. The van der Waals surface area contributed by atoms with Gasteiger partial charge in [-0.25, -0.2) is 13.1 Å². The highest BCUT2D eigenvalue weighted by molar-refractivity contribution is 7.89. The highest BCUT2D eigenvalue weighted by Gasteiger charge is 2.40. The van der Waals surface area contributed by atoms with Crippen molar-refractivity contribution in [2.45, 2.75) is 36.9 Å². The fourth-order valence-corrected chi connectivity index (χ4v) is 3.77. The third kappa shape index (κ3) is 3.15. The minimum Gasteiger partial charge on any atom is -0.386 e. The quantitative estimate of drug-likeness (QED) is 0.881. The molecule has 1 aromatic carbocycles. The molecule has 1 aliphatic rings. The number of sulfonamides is 1. The van der Waals surface area contributed by atoms with Crippen molar-refractivity contribution >= 4 is 21.6 Å². The van der Waals surface area contributed by atoms with E-state index in [4.69, 9.17) is 16.3 Å². The van der Waals surface area contributed by atoms with Gasteiger partial charge in [-0.05, 0) is 37.6 Å².